The molecule has 5 nitrogen and oxygen atoms in total. The molecular formula is C12H19N3O2. The maximum Gasteiger partial charge on any atom is 0.225 e. The van der Waals surface area contributed by atoms with Gasteiger partial charge in [-0.15, -0.1) is 0 Å². The van der Waals surface area contributed by atoms with Gasteiger partial charge in [-0.3, -0.25) is 0 Å². The van der Waals surface area contributed by atoms with Crippen LogP contribution < -0.4 is 4.90 Å². The van der Waals surface area contributed by atoms with Crippen molar-refractivity contribution in [1.29, 1.82) is 0 Å². The first-order chi connectivity index (χ1) is 8.33. The summed E-state index contributed by atoms with van der Waals surface area (Å²) in [7, 11) is 0. The molecule has 1 fully saturated rings. The molecule has 0 spiro atoms. The molecule has 1 aromatic rings. The third-order valence-electron chi connectivity index (χ3n) is 3.21. The second-order valence-electron chi connectivity index (χ2n) is 4.52. The molecule has 0 aliphatic carbocycles. The number of anilines is 1. The number of rotatable bonds is 4. The smallest absolute Gasteiger partial charge is 0.225 e. The molecule has 0 aromatic carbocycles. The Bertz CT molecular complexity index is 340. The SMILES string of the molecule is OCCC1CCCN(c2ncc(CO)cn2)C1. The van der Waals surface area contributed by atoms with Gasteiger partial charge in [0.1, 0.15) is 0 Å². The van der Waals surface area contributed by atoms with Gasteiger partial charge in [0.15, 0.2) is 0 Å². The molecule has 1 aromatic heterocycles. The molecule has 0 bridgehead atoms. The van der Waals surface area contributed by atoms with Crippen LogP contribution in [-0.2, 0) is 6.61 Å². The minimum Gasteiger partial charge on any atom is -0.396 e. The largest absolute Gasteiger partial charge is 0.396 e. The Labute approximate surface area is 101 Å². The van der Waals surface area contributed by atoms with Gasteiger partial charge in [0.2, 0.25) is 5.95 Å². The van der Waals surface area contributed by atoms with Crippen molar-refractivity contribution in [1.82, 2.24) is 9.97 Å². The van der Waals surface area contributed by atoms with Gasteiger partial charge in [0, 0.05) is 37.7 Å². The van der Waals surface area contributed by atoms with Gasteiger partial charge in [0.05, 0.1) is 6.61 Å². The monoisotopic (exact) mass is 237 g/mol. The summed E-state index contributed by atoms with van der Waals surface area (Å²) in [6.07, 6.45) is 6.47. The van der Waals surface area contributed by atoms with Crippen LogP contribution >= 0.6 is 0 Å². The van der Waals surface area contributed by atoms with E-state index in [1.54, 1.807) is 12.4 Å². The van der Waals surface area contributed by atoms with Crippen LogP contribution in [-0.4, -0.2) is 39.9 Å². The standard InChI is InChI=1S/C12H19N3O2/c16-5-3-10-2-1-4-15(8-10)12-13-6-11(9-17)7-14-12/h6-7,10,16-17H,1-5,8-9H2. The summed E-state index contributed by atoms with van der Waals surface area (Å²) in [5, 5.41) is 17.9. The van der Waals surface area contributed by atoms with E-state index in [0.717, 1.165) is 37.4 Å². The van der Waals surface area contributed by atoms with Crippen LogP contribution in [0.15, 0.2) is 12.4 Å². The second-order valence-corrected chi connectivity index (χ2v) is 4.52. The Morgan fingerprint density at radius 3 is 2.71 bits per heavy atom. The molecule has 2 N–H and O–H groups in total. The fourth-order valence-corrected chi connectivity index (χ4v) is 2.26. The van der Waals surface area contributed by atoms with Gasteiger partial charge < -0.3 is 15.1 Å². The van der Waals surface area contributed by atoms with Gasteiger partial charge in [0.25, 0.3) is 0 Å². The zero-order valence-corrected chi connectivity index (χ0v) is 9.92. The van der Waals surface area contributed by atoms with E-state index < -0.39 is 0 Å². The molecule has 0 amide bonds. The molecule has 1 unspecified atom stereocenters. The van der Waals surface area contributed by atoms with Crippen LogP contribution in [0, 0.1) is 5.92 Å². The van der Waals surface area contributed by atoms with Crippen molar-refractivity contribution in [2.45, 2.75) is 25.9 Å². The summed E-state index contributed by atoms with van der Waals surface area (Å²) < 4.78 is 0. The lowest BCUT2D eigenvalue weighted by Crippen LogP contribution is -2.36. The molecule has 17 heavy (non-hydrogen) atoms. The number of aliphatic hydroxyl groups excluding tert-OH is 2. The van der Waals surface area contributed by atoms with E-state index >= 15 is 0 Å². The average molecular weight is 237 g/mol. The molecule has 1 aliphatic heterocycles. The zero-order valence-electron chi connectivity index (χ0n) is 9.92. The quantitative estimate of drug-likeness (QED) is 0.801. The Morgan fingerprint density at radius 2 is 2.06 bits per heavy atom. The van der Waals surface area contributed by atoms with Crippen molar-refractivity contribution in [3.63, 3.8) is 0 Å². The zero-order chi connectivity index (χ0) is 12.1. The highest BCUT2D eigenvalue weighted by Gasteiger charge is 2.21. The highest BCUT2D eigenvalue weighted by molar-refractivity contribution is 5.30. The molecule has 5 heteroatoms. The third-order valence-corrected chi connectivity index (χ3v) is 3.21. The van der Waals surface area contributed by atoms with Gasteiger partial charge in [-0.2, -0.15) is 0 Å². The van der Waals surface area contributed by atoms with Crippen LogP contribution in [0.2, 0.25) is 0 Å². The number of hydrogen-bond donors (Lipinski definition) is 2. The summed E-state index contributed by atoms with van der Waals surface area (Å²) >= 11 is 0. The van der Waals surface area contributed by atoms with E-state index in [9.17, 15) is 0 Å². The summed E-state index contributed by atoms with van der Waals surface area (Å²) in [5.74, 6) is 1.26. The second kappa shape index (κ2) is 5.93. The minimum atomic E-state index is -0.0204. The first-order valence-electron chi connectivity index (χ1n) is 6.11. The number of aromatic nitrogens is 2. The maximum atomic E-state index is 8.97. The molecule has 0 saturated carbocycles. The van der Waals surface area contributed by atoms with Gasteiger partial charge in [-0.1, -0.05) is 0 Å². The van der Waals surface area contributed by atoms with Crippen LogP contribution in [0.5, 0.6) is 0 Å². The fourth-order valence-electron chi connectivity index (χ4n) is 2.26. The highest BCUT2D eigenvalue weighted by atomic mass is 16.3. The molecular weight excluding hydrogens is 218 g/mol. The van der Waals surface area contributed by atoms with Gasteiger partial charge in [-0.25, -0.2) is 9.97 Å². The summed E-state index contributed by atoms with van der Waals surface area (Å²) in [6, 6.07) is 0. The molecule has 1 saturated heterocycles. The van der Waals surface area contributed by atoms with Crippen LogP contribution in [0.25, 0.3) is 0 Å². The lowest BCUT2D eigenvalue weighted by atomic mass is 9.95. The fraction of sp³-hybridized carbons (Fsp3) is 0.667. The normalized spacial score (nSPS) is 20.6. The van der Waals surface area contributed by atoms with Crippen molar-refractivity contribution in [3.8, 4) is 0 Å². The summed E-state index contributed by atoms with van der Waals surface area (Å²) in [6.45, 7) is 2.12. The molecule has 2 heterocycles. The van der Waals surface area contributed by atoms with E-state index in [2.05, 4.69) is 14.9 Å². The van der Waals surface area contributed by atoms with Crippen molar-refractivity contribution < 1.29 is 10.2 Å². The van der Waals surface area contributed by atoms with Crippen molar-refractivity contribution >= 4 is 5.95 Å². The van der Waals surface area contributed by atoms with E-state index in [-0.39, 0.29) is 13.2 Å². The first kappa shape index (κ1) is 12.3. The number of piperidine rings is 1. The van der Waals surface area contributed by atoms with Crippen LogP contribution in [0.1, 0.15) is 24.8 Å². The van der Waals surface area contributed by atoms with Crippen LogP contribution in [0.3, 0.4) is 0 Å². The van der Waals surface area contributed by atoms with Crippen molar-refractivity contribution in [2.75, 3.05) is 24.6 Å². The van der Waals surface area contributed by atoms with E-state index in [0.29, 0.717) is 5.92 Å². The third kappa shape index (κ3) is 3.14. The van der Waals surface area contributed by atoms with Gasteiger partial charge in [-0.05, 0) is 25.2 Å². The Balaban J connectivity index is 2.00. The summed E-state index contributed by atoms with van der Waals surface area (Å²) in [4.78, 5) is 10.7. The minimum absolute atomic E-state index is 0.0204. The molecule has 94 valence electrons. The predicted molar refractivity (Wildman–Crippen MR) is 64.6 cm³/mol. The Morgan fingerprint density at radius 1 is 1.29 bits per heavy atom. The van der Waals surface area contributed by atoms with Crippen molar-refractivity contribution in [2.24, 2.45) is 5.92 Å². The topological polar surface area (TPSA) is 69.5 Å². The number of nitrogens with zero attached hydrogens (tertiary/aromatic N) is 3. The van der Waals surface area contributed by atoms with Gasteiger partial charge >= 0.3 is 0 Å². The highest BCUT2D eigenvalue weighted by Crippen LogP contribution is 2.22. The van der Waals surface area contributed by atoms with E-state index in [1.807, 2.05) is 0 Å². The van der Waals surface area contributed by atoms with Crippen molar-refractivity contribution in [3.05, 3.63) is 18.0 Å². The Hall–Kier alpha value is -1.20. The van der Waals surface area contributed by atoms with E-state index in [4.69, 9.17) is 10.2 Å². The molecule has 2 rings (SSSR count). The number of aliphatic hydroxyl groups is 2. The lowest BCUT2D eigenvalue weighted by molar-refractivity contribution is 0.244. The number of hydrogen-bond acceptors (Lipinski definition) is 5. The predicted octanol–water partition coefficient (Wildman–Crippen LogP) is 0.568. The molecule has 1 aliphatic rings. The first-order valence-corrected chi connectivity index (χ1v) is 6.11. The lowest BCUT2D eigenvalue weighted by Gasteiger charge is -2.32. The Kier molecular flexibility index (Phi) is 4.28. The molecule has 1 atom stereocenters. The van der Waals surface area contributed by atoms with E-state index in [1.165, 1.54) is 6.42 Å². The summed E-state index contributed by atoms with van der Waals surface area (Å²) in [5.41, 5.74) is 0.734. The molecule has 0 radical (unpaired) electrons. The van der Waals surface area contributed by atoms with Crippen LogP contribution in [0.4, 0.5) is 5.95 Å². The average Bonchev–Trinajstić information content (AvgIpc) is 2.40. The maximum absolute atomic E-state index is 8.97.